The SMILES string of the molecule is Cc1ccc(OCC(C)NC(=O)Cc2ccccc2Cl)cc1. The van der Waals surface area contributed by atoms with Crippen LogP contribution in [0.2, 0.25) is 5.02 Å². The van der Waals surface area contributed by atoms with Crippen LogP contribution in [0.4, 0.5) is 0 Å². The predicted molar refractivity (Wildman–Crippen MR) is 89.4 cm³/mol. The van der Waals surface area contributed by atoms with Gasteiger partial charge in [0.2, 0.25) is 5.91 Å². The monoisotopic (exact) mass is 317 g/mol. The van der Waals surface area contributed by atoms with Crippen LogP contribution in [0.15, 0.2) is 48.5 Å². The van der Waals surface area contributed by atoms with Gasteiger partial charge in [0.05, 0.1) is 12.5 Å². The zero-order chi connectivity index (χ0) is 15.9. The molecule has 0 saturated carbocycles. The number of nitrogens with one attached hydrogen (secondary N) is 1. The van der Waals surface area contributed by atoms with Gasteiger partial charge in [-0.05, 0) is 37.6 Å². The Morgan fingerprint density at radius 3 is 2.55 bits per heavy atom. The van der Waals surface area contributed by atoms with E-state index in [4.69, 9.17) is 16.3 Å². The maximum Gasteiger partial charge on any atom is 0.224 e. The van der Waals surface area contributed by atoms with Gasteiger partial charge in [-0.2, -0.15) is 0 Å². The molecule has 4 heteroatoms. The zero-order valence-electron chi connectivity index (χ0n) is 12.8. The summed E-state index contributed by atoms with van der Waals surface area (Å²) in [6.45, 7) is 4.37. The third kappa shape index (κ3) is 5.08. The minimum Gasteiger partial charge on any atom is -0.491 e. The van der Waals surface area contributed by atoms with E-state index < -0.39 is 0 Å². The number of benzene rings is 2. The maximum atomic E-state index is 12.0. The van der Waals surface area contributed by atoms with Crippen LogP contribution in [0.1, 0.15) is 18.1 Å². The van der Waals surface area contributed by atoms with Crippen molar-refractivity contribution in [3.63, 3.8) is 0 Å². The van der Waals surface area contributed by atoms with Gasteiger partial charge in [-0.3, -0.25) is 4.79 Å². The molecule has 0 saturated heterocycles. The van der Waals surface area contributed by atoms with Crippen LogP contribution in [0.5, 0.6) is 5.75 Å². The van der Waals surface area contributed by atoms with Crippen molar-refractivity contribution < 1.29 is 9.53 Å². The Labute approximate surface area is 136 Å². The van der Waals surface area contributed by atoms with Crippen molar-refractivity contribution in [3.05, 3.63) is 64.7 Å². The van der Waals surface area contributed by atoms with Gasteiger partial charge in [-0.15, -0.1) is 0 Å². The summed E-state index contributed by atoms with van der Waals surface area (Å²) >= 11 is 6.05. The van der Waals surface area contributed by atoms with Crippen molar-refractivity contribution in [2.24, 2.45) is 0 Å². The van der Waals surface area contributed by atoms with Crippen molar-refractivity contribution in [2.75, 3.05) is 6.61 Å². The van der Waals surface area contributed by atoms with Crippen LogP contribution in [0, 0.1) is 6.92 Å². The number of rotatable bonds is 6. The third-order valence-electron chi connectivity index (χ3n) is 3.24. The van der Waals surface area contributed by atoms with Gasteiger partial charge in [0.25, 0.3) is 0 Å². The van der Waals surface area contributed by atoms with Crippen molar-refractivity contribution in [1.29, 1.82) is 0 Å². The first-order valence-corrected chi connectivity index (χ1v) is 7.64. The van der Waals surface area contributed by atoms with Gasteiger partial charge >= 0.3 is 0 Å². The lowest BCUT2D eigenvalue weighted by molar-refractivity contribution is -0.121. The van der Waals surface area contributed by atoms with E-state index in [1.807, 2.05) is 56.3 Å². The Balaban J connectivity index is 1.79. The van der Waals surface area contributed by atoms with Gasteiger partial charge in [0.1, 0.15) is 12.4 Å². The molecule has 1 unspecified atom stereocenters. The van der Waals surface area contributed by atoms with Crippen LogP contribution < -0.4 is 10.1 Å². The maximum absolute atomic E-state index is 12.0. The number of hydrogen-bond donors (Lipinski definition) is 1. The molecule has 0 fully saturated rings. The molecule has 0 heterocycles. The standard InChI is InChI=1S/C18H20ClNO2/c1-13-7-9-16(10-8-13)22-12-14(2)20-18(21)11-15-5-3-4-6-17(15)19/h3-10,14H,11-12H2,1-2H3,(H,20,21). The molecule has 0 aliphatic carbocycles. The van der Waals surface area contributed by atoms with Crippen LogP contribution in [0.25, 0.3) is 0 Å². The molecule has 2 aromatic rings. The Bertz CT molecular complexity index is 625. The highest BCUT2D eigenvalue weighted by molar-refractivity contribution is 6.31. The lowest BCUT2D eigenvalue weighted by atomic mass is 10.1. The van der Waals surface area contributed by atoms with E-state index in [0.29, 0.717) is 11.6 Å². The minimum atomic E-state index is -0.0729. The average Bonchev–Trinajstić information content (AvgIpc) is 2.49. The largest absolute Gasteiger partial charge is 0.491 e. The number of halogens is 1. The van der Waals surface area contributed by atoms with E-state index in [1.165, 1.54) is 5.56 Å². The molecule has 1 N–H and O–H groups in total. The molecule has 1 atom stereocenters. The molecule has 116 valence electrons. The molecule has 2 aromatic carbocycles. The van der Waals surface area contributed by atoms with Gasteiger partial charge in [-0.25, -0.2) is 0 Å². The molecule has 0 bridgehead atoms. The van der Waals surface area contributed by atoms with E-state index in [1.54, 1.807) is 6.07 Å². The highest BCUT2D eigenvalue weighted by Crippen LogP contribution is 2.15. The molecule has 0 spiro atoms. The number of aryl methyl sites for hydroxylation is 1. The molecule has 0 aromatic heterocycles. The fraction of sp³-hybridized carbons (Fsp3) is 0.278. The molecule has 0 aliphatic heterocycles. The summed E-state index contributed by atoms with van der Waals surface area (Å²) in [5.41, 5.74) is 2.02. The molecule has 1 amide bonds. The quantitative estimate of drug-likeness (QED) is 0.880. The number of hydrogen-bond acceptors (Lipinski definition) is 2. The minimum absolute atomic E-state index is 0.0619. The van der Waals surface area contributed by atoms with Gasteiger partial charge in [-0.1, -0.05) is 47.5 Å². The van der Waals surface area contributed by atoms with E-state index in [2.05, 4.69) is 5.32 Å². The Hall–Kier alpha value is -2.00. The first-order chi connectivity index (χ1) is 10.5. The summed E-state index contributed by atoms with van der Waals surface area (Å²) in [6, 6.07) is 15.1. The molecule has 0 aliphatic rings. The molecule has 22 heavy (non-hydrogen) atoms. The Morgan fingerprint density at radius 2 is 1.86 bits per heavy atom. The average molecular weight is 318 g/mol. The lowest BCUT2D eigenvalue weighted by Gasteiger charge is -2.15. The van der Waals surface area contributed by atoms with Crippen LogP contribution in [-0.4, -0.2) is 18.6 Å². The van der Waals surface area contributed by atoms with E-state index in [9.17, 15) is 4.79 Å². The topological polar surface area (TPSA) is 38.3 Å². The van der Waals surface area contributed by atoms with Gasteiger partial charge < -0.3 is 10.1 Å². The summed E-state index contributed by atoms with van der Waals surface area (Å²) < 4.78 is 5.66. The number of ether oxygens (including phenoxy) is 1. The zero-order valence-corrected chi connectivity index (χ0v) is 13.6. The Kier molecular flexibility index (Phi) is 5.84. The predicted octanol–water partition coefficient (Wildman–Crippen LogP) is 3.77. The second kappa shape index (κ2) is 7.85. The molecule has 0 radical (unpaired) electrons. The summed E-state index contributed by atoms with van der Waals surface area (Å²) in [4.78, 5) is 12.0. The second-order valence-electron chi connectivity index (χ2n) is 5.36. The first-order valence-electron chi connectivity index (χ1n) is 7.27. The summed E-state index contributed by atoms with van der Waals surface area (Å²) in [7, 11) is 0. The van der Waals surface area contributed by atoms with E-state index >= 15 is 0 Å². The van der Waals surface area contributed by atoms with Crippen molar-refractivity contribution in [1.82, 2.24) is 5.32 Å². The summed E-state index contributed by atoms with van der Waals surface area (Å²) in [6.07, 6.45) is 0.272. The number of amides is 1. The van der Waals surface area contributed by atoms with Crippen LogP contribution >= 0.6 is 11.6 Å². The third-order valence-corrected chi connectivity index (χ3v) is 3.61. The fourth-order valence-electron chi connectivity index (χ4n) is 2.04. The highest BCUT2D eigenvalue weighted by Gasteiger charge is 2.10. The second-order valence-corrected chi connectivity index (χ2v) is 5.77. The summed E-state index contributed by atoms with van der Waals surface area (Å²) in [5.74, 6) is 0.742. The fourth-order valence-corrected chi connectivity index (χ4v) is 2.24. The van der Waals surface area contributed by atoms with Crippen molar-refractivity contribution in [2.45, 2.75) is 26.3 Å². The number of carbonyl (C=O) groups is 1. The van der Waals surface area contributed by atoms with Crippen LogP contribution in [0.3, 0.4) is 0 Å². The van der Waals surface area contributed by atoms with Crippen LogP contribution in [-0.2, 0) is 11.2 Å². The summed E-state index contributed by atoms with van der Waals surface area (Å²) in [5, 5.41) is 3.53. The normalized spacial score (nSPS) is 11.8. The molecular weight excluding hydrogens is 298 g/mol. The number of carbonyl (C=O) groups excluding carboxylic acids is 1. The van der Waals surface area contributed by atoms with E-state index in [-0.39, 0.29) is 18.4 Å². The van der Waals surface area contributed by atoms with Gasteiger partial charge in [0.15, 0.2) is 0 Å². The van der Waals surface area contributed by atoms with Crippen molar-refractivity contribution >= 4 is 17.5 Å². The van der Waals surface area contributed by atoms with Gasteiger partial charge in [0, 0.05) is 5.02 Å². The first kappa shape index (κ1) is 16.4. The highest BCUT2D eigenvalue weighted by atomic mass is 35.5. The Morgan fingerprint density at radius 1 is 1.18 bits per heavy atom. The smallest absolute Gasteiger partial charge is 0.224 e. The van der Waals surface area contributed by atoms with Crippen molar-refractivity contribution in [3.8, 4) is 5.75 Å². The van der Waals surface area contributed by atoms with E-state index in [0.717, 1.165) is 11.3 Å². The lowest BCUT2D eigenvalue weighted by Crippen LogP contribution is -2.37. The molecular formula is C18H20ClNO2. The molecule has 2 rings (SSSR count). The molecule has 3 nitrogen and oxygen atoms in total.